The number of aromatic nitrogens is 2. The number of nitrogens with zero attached hydrogens (tertiary/aromatic N) is 3. The Hall–Kier alpha value is -2.31. The molecule has 0 amide bonds. The van der Waals surface area contributed by atoms with Crippen molar-refractivity contribution < 1.29 is 13.2 Å². The molecule has 4 nitrogen and oxygen atoms in total. The molecule has 7 heteroatoms. The van der Waals surface area contributed by atoms with E-state index in [0.29, 0.717) is 18.9 Å². The van der Waals surface area contributed by atoms with Crippen LogP contribution >= 0.6 is 0 Å². The lowest BCUT2D eigenvalue weighted by atomic mass is 10.1. The van der Waals surface area contributed by atoms with Crippen molar-refractivity contribution in [2.24, 2.45) is 0 Å². The summed E-state index contributed by atoms with van der Waals surface area (Å²) in [6.45, 7) is 0.544. The number of halogens is 3. The molecule has 0 atom stereocenters. The Morgan fingerprint density at radius 3 is 2.36 bits per heavy atom. The largest absolute Gasteiger partial charge is 0.416 e. The Balaban J connectivity index is 1.90. The van der Waals surface area contributed by atoms with Crippen molar-refractivity contribution in [2.75, 3.05) is 30.9 Å². The summed E-state index contributed by atoms with van der Waals surface area (Å²) in [5, 5.41) is 3.06. The lowest BCUT2D eigenvalue weighted by Crippen LogP contribution is -2.13. The molecule has 0 saturated heterocycles. The fraction of sp³-hybridized carbons (Fsp3) is 0.333. The standard InChI is InChI=1S/C15H17F3N4/c1-22(2)13-8-10-20-14(21-13)19-9-7-11-3-5-12(6-4-11)15(16,17)18/h3-6,8,10H,7,9H2,1-2H3,(H,19,20,21). The van der Waals surface area contributed by atoms with Gasteiger partial charge in [0.15, 0.2) is 0 Å². The molecule has 0 aliphatic carbocycles. The second kappa shape index (κ2) is 6.64. The number of hydrogen-bond acceptors (Lipinski definition) is 4. The molecular formula is C15H17F3N4. The Morgan fingerprint density at radius 1 is 1.09 bits per heavy atom. The van der Waals surface area contributed by atoms with Gasteiger partial charge >= 0.3 is 6.18 Å². The van der Waals surface area contributed by atoms with E-state index in [-0.39, 0.29) is 0 Å². The lowest BCUT2D eigenvalue weighted by molar-refractivity contribution is -0.137. The van der Waals surface area contributed by atoms with Crippen LogP contribution in [0.15, 0.2) is 36.5 Å². The first kappa shape index (κ1) is 16.1. The van der Waals surface area contributed by atoms with Crippen LogP contribution in [0.3, 0.4) is 0 Å². The summed E-state index contributed by atoms with van der Waals surface area (Å²) in [4.78, 5) is 10.3. The van der Waals surface area contributed by atoms with Crippen LogP contribution in [0.5, 0.6) is 0 Å². The molecule has 118 valence electrons. The second-order valence-electron chi connectivity index (χ2n) is 5.00. The number of nitrogens with one attached hydrogen (secondary N) is 1. The molecular weight excluding hydrogens is 293 g/mol. The fourth-order valence-corrected chi connectivity index (χ4v) is 1.86. The predicted molar refractivity (Wildman–Crippen MR) is 80.0 cm³/mol. The highest BCUT2D eigenvalue weighted by molar-refractivity contribution is 5.40. The molecule has 0 bridgehead atoms. The van der Waals surface area contributed by atoms with E-state index in [4.69, 9.17) is 0 Å². The molecule has 0 radical (unpaired) electrons. The summed E-state index contributed by atoms with van der Waals surface area (Å²) in [5.74, 6) is 1.28. The maximum absolute atomic E-state index is 12.5. The van der Waals surface area contributed by atoms with Crippen molar-refractivity contribution in [2.45, 2.75) is 12.6 Å². The summed E-state index contributed by atoms with van der Waals surface area (Å²) >= 11 is 0. The third-order valence-corrected chi connectivity index (χ3v) is 3.08. The van der Waals surface area contributed by atoms with Crippen molar-refractivity contribution in [3.63, 3.8) is 0 Å². The number of rotatable bonds is 5. The maximum atomic E-state index is 12.5. The van der Waals surface area contributed by atoms with Crippen LogP contribution in [0.1, 0.15) is 11.1 Å². The highest BCUT2D eigenvalue weighted by atomic mass is 19.4. The van der Waals surface area contributed by atoms with E-state index in [2.05, 4.69) is 15.3 Å². The maximum Gasteiger partial charge on any atom is 0.416 e. The topological polar surface area (TPSA) is 41.1 Å². The predicted octanol–water partition coefficient (Wildman–Crippen LogP) is 3.22. The van der Waals surface area contributed by atoms with Gasteiger partial charge in [-0.25, -0.2) is 4.98 Å². The summed E-state index contributed by atoms with van der Waals surface area (Å²) in [7, 11) is 3.77. The van der Waals surface area contributed by atoms with Crippen molar-refractivity contribution in [1.29, 1.82) is 0 Å². The van der Waals surface area contributed by atoms with Crippen LogP contribution in [0.25, 0.3) is 0 Å². The Morgan fingerprint density at radius 2 is 1.77 bits per heavy atom. The van der Waals surface area contributed by atoms with Crippen molar-refractivity contribution in [1.82, 2.24) is 9.97 Å². The van der Waals surface area contributed by atoms with E-state index in [1.54, 1.807) is 12.3 Å². The van der Waals surface area contributed by atoms with Crippen molar-refractivity contribution >= 4 is 11.8 Å². The molecule has 0 aliphatic rings. The second-order valence-corrected chi connectivity index (χ2v) is 5.00. The quantitative estimate of drug-likeness (QED) is 0.920. The lowest BCUT2D eigenvalue weighted by Gasteiger charge is -2.12. The summed E-state index contributed by atoms with van der Waals surface area (Å²) in [6, 6.07) is 6.96. The third kappa shape index (κ3) is 4.34. The zero-order valence-electron chi connectivity index (χ0n) is 12.4. The molecule has 2 rings (SSSR count). The first-order chi connectivity index (χ1) is 10.4. The van der Waals surface area contributed by atoms with E-state index in [9.17, 15) is 13.2 Å². The van der Waals surface area contributed by atoms with Gasteiger partial charge in [-0.3, -0.25) is 0 Å². The van der Waals surface area contributed by atoms with Gasteiger partial charge in [0, 0.05) is 26.8 Å². The Kier molecular flexibility index (Phi) is 4.85. The van der Waals surface area contributed by atoms with Gasteiger partial charge in [-0.15, -0.1) is 0 Å². The molecule has 1 aromatic carbocycles. The van der Waals surface area contributed by atoms with Crippen LogP contribution < -0.4 is 10.2 Å². The van der Waals surface area contributed by atoms with Gasteiger partial charge in [-0.1, -0.05) is 12.1 Å². The minimum Gasteiger partial charge on any atom is -0.363 e. The molecule has 1 N–H and O–H groups in total. The van der Waals surface area contributed by atoms with Gasteiger partial charge in [-0.05, 0) is 30.2 Å². The van der Waals surface area contributed by atoms with Gasteiger partial charge in [0.1, 0.15) is 5.82 Å². The molecule has 1 aromatic heterocycles. The van der Waals surface area contributed by atoms with Gasteiger partial charge < -0.3 is 10.2 Å². The molecule has 0 saturated carbocycles. The normalized spacial score (nSPS) is 11.3. The fourth-order valence-electron chi connectivity index (χ4n) is 1.86. The monoisotopic (exact) mass is 310 g/mol. The van der Waals surface area contributed by atoms with Crippen LogP contribution in [-0.4, -0.2) is 30.6 Å². The summed E-state index contributed by atoms with van der Waals surface area (Å²) < 4.78 is 37.4. The van der Waals surface area contributed by atoms with Crippen molar-refractivity contribution in [3.05, 3.63) is 47.7 Å². The van der Waals surface area contributed by atoms with E-state index < -0.39 is 11.7 Å². The highest BCUT2D eigenvalue weighted by Crippen LogP contribution is 2.29. The molecule has 22 heavy (non-hydrogen) atoms. The molecule has 2 aromatic rings. The molecule has 0 spiro atoms. The summed E-state index contributed by atoms with van der Waals surface area (Å²) in [5.41, 5.74) is 0.190. The SMILES string of the molecule is CN(C)c1ccnc(NCCc2ccc(C(F)(F)F)cc2)n1. The first-order valence-corrected chi connectivity index (χ1v) is 6.76. The van der Waals surface area contributed by atoms with Crippen molar-refractivity contribution in [3.8, 4) is 0 Å². The van der Waals surface area contributed by atoms with E-state index in [1.807, 2.05) is 19.0 Å². The number of anilines is 2. The van der Waals surface area contributed by atoms with Gasteiger partial charge in [0.25, 0.3) is 0 Å². The van der Waals surface area contributed by atoms with Gasteiger partial charge in [-0.2, -0.15) is 18.2 Å². The highest BCUT2D eigenvalue weighted by Gasteiger charge is 2.29. The van der Waals surface area contributed by atoms with E-state index in [1.165, 1.54) is 12.1 Å². The van der Waals surface area contributed by atoms with Crippen LogP contribution in [0, 0.1) is 0 Å². The van der Waals surface area contributed by atoms with Gasteiger partial charge in [0.05, 0.1) is 5.56 Å². The zero-order valence-corrected chi connectivity index (χ0v) is 12.4. The van der Waals surface area contributed by atoms with E-state index in [0.717, 1.165) is 23.5 Å². The molecule has 0 fully saturated rings. The first-order valence-electron chi connectivity index (χ1n) is 6.76. The molecule has 1 heterocycles. The molecule has 0 aliphatic heterocycles. The van der Waals surface area contributed by atoms with E-state index >= 15 is 0 Å². The minimum absolute atomic E-state index is 0.498. The average Bonchev–Trinajstić information content (AvgIpc) is 2.47. The Labute approximate surface area is 127 Å². The summed E-state index contributed by atoms with van der Waals surface area (Å²) in [6.07, 6.45) is -2.05. The minimum atomic E-state index is -4.29. The van der Waals surface area contributed by atoms with Gasteiger partial charge in [0.2, 0.25) is 5.95 Å². The third-order valence-electron chi connectivity index (χ3n) is 3.08. The number of hydrogen-bond donors (Lipinski definition) is 1. The average molecular weight is 310 g/mol. The van der Waals surface area contributed by atoms with Crippen LogP contribution in [-0.2, 0) is 12.6 Å². The smallest absolute Gasteiger partial charge is 0.363 e. The number of benzene rings is 1. The van der Waals surface area contributed by atoms with Crippen LogP contribution in [0.2, 0.25) is 0 Å². The Bertz CT molecular complexity index is 609. The molecule has 0 unspecified atom stereocenters. The van der Waals surface area contributed by atoms with Crippen LogP contribution in [0.4, 0.5) is 24.9 Å². The number of alkyl halides is 3. The zero-order chi connectivity index (χ0) is 16.2.